The zero-order valence-corrected chi connectivity index (χ0v) is 31.6. The van der Waals surface area contributed by atoms with E-state index >= 15 is 0 Å². The van der Waals surface area contributed by atoms with Crippen LogP contribution in [0, 0.1) is 26.7 Å². The normalized spacial score (nSPS) is 15.5. The number of carbonyl (C=O) groups excluding carboxylic acids is 1. The van der Waals surface area contributed by atoms with Gasteiger partial charge in [-0.15, -0.1) is 0 Å². The Morgan fingerprint density at radius 2 is 1.70 bits per heavy atom. The highest BCUT2D eigenvalue weighted by atomic mass is 16.6. The highest BCUT2D eigenvalue weighted by Crippen LogP contribution is 2.41. The number of methoxy groups -OCH3 is 1. The summed E-state index contributed by atoms with van der Waals surface area (Å²) in [5.74, 6) is 1.15. The molecule has 1 atom stereocenters. The van der Waals surface area contributed by atoms with Crippen LogP contribution in [0.15, 0.2) is 48.7 Å². The summed E-state index contributed by atoms with van der Waals surface area (Å²) in [6, 6.07) is 13.7. The number of phenolic OH excluding ortho intramolecular Hbond substituents is 1. The van der Waals surface area contributed by atoms with Crippen molar-refractivity contribution in [1.82, 2.24) is 9.38 Å². The van der Waals surface area contributed by atoms with Crippen molar-refractivity contribution in [2.24, 2.45) is 5.92 Å². The van der Waals surface area contributed by atoms with Gasteiger partial charge < -0.3 is 29.0 Å². The first-order chi connectivity index (χ1) is 23.6. The van der Waals surface area contributed by atoms with E-state index in [1.165, 1.54) is 7.11 Å². The number of pyridine rings is 1. The van der Waals surface area contributed by atoms with Gasteiger partial charge in [-0.3, -0.25) is 4.40 Å². The van der Waals surface area contributed by atoms with Crippen molar-refractivity contribution < 1.29 is 28.8 Å². The van der Waals surface area contributed by atoms with Crippen LogP contribution in [-0.2, 0) is 23.7 Å². The molecule has 1 aliphatic heterocycles. The number of hydrogen-bond acceptors (Lipinski definition) is 8. The standard InChI is InChI=1S/C41H55N3O6/c1-26(2)25-48-20-21-49-41(9)16-18-43(19-17-41)38-35(36(39(46)47-10)50-40(6,7)8)28(4)29(5)37-42-33(24-44(37)38)31-13-11-12-30(23-31)32-22-27(3)14-15-34(32)45/h11-15,22-24,26,36,45H,16-21,25H2,1-10H3/t36-/m0/s1. The summed E-state index contributed by atoms with van der Waals surface area (Å²) in [5.41, 5.74) is 7.05. The number of nitrogens with zero attached hydrogens (tertiary/aromatic N) is 3. The third-order valence-corrected chi connectivity index (χ3v) is 9.50. The van der Waals surface area contributed by atoms with Crippen LogP contribution < -0.4 is 4.90 Å². The number of phenols is 1. The molecule has 2 aromatic carbocycles. The molecule has 2 aromatic heterocycles. The Morgan fingerprint density at radius 3 is 2.36 bits per heavy atom. The SMILES string of the molecule is COC(=O)[C@@H](OC(C)(C)C)c1c(C)c(C)c2nc(-c3cccc(-c4cc(C)ccc4O)c3)cn2c1N1CCC(C)(OCCOCC(C)C)CC1. The van der Waals surface area contributed by atoms with Gasteiger partial charge in [-0.2, -0.15) is 0 Å². The predicted molar refractivity (Wildman–Crippen MR) is 199 cm³/mol. The quantitative estimate of drug-likeness (QED) is 0.117. The molecule has 50 heavy (non-hydrogen) atoms. The van der Waals surface area contributed by atoms with Crippen molar-refractivity contribution in [1.29, 1.82) is 0 Å². The number of hydrogen-bond donors (Lipinski definition) is 1. The lowest BCUT2D eigenvalue weighted by Gasteiger charge is -2.42. The van der Waals surface area contributed by atoms with E-state index < -0.39 is 17.7 Å². The molecule has 0 aliphatic carbocycles. The maximum atomic E-state index is 13.5. The highest BCUT2D eigenvalue weighted by Gasteiger charge is 2.38. The lowest BCUT2D eigenvalue weighted by Crippen LogP contribution is -2.46. The Kier molecular flexibility index (Phi) is 11.3. The zero-order chi connectivity index (χ0) is 36.4. The lowest BCUT2D eigenvalue weighted by atomic mass is 9.92. The summed E-state index contributed by atoms with van der Waals surface area (Å²) in [7, 11) is 1.41. The number of carbonyl (C=O) groups is 1. The van der Waals surface area contributed by atoms with Gasteiger partial charge in [0, 0.05) is 42.6 Å². The molecule has 0 unspecified atom stereocenters. The van der Waals surface area contributed by atoms with Crippen molar-refractivity contribution >= 4 is 17.4 Å². The summed E-state index contributed by atoms with van der Waals surface area (Å²) in [6.07, 6.45) is 2.71. The van der Waals surface area contributed by atoms with Gasteiger partial charge in [-0.05, 0) is 102 Å². The fourth-order valence-electron chi connectivity index (χ4n) is 6.66. The number of imidazole rings is 1. The van der Waals surface area contributed by atoms with Gasteiger partial charge in [0.1, 0.15) is 17.2 Å². The second-order valence-corrected chi connectivity index (χ2v) is 15.3. The van der Waals surface area contributed by atoms with Crippen molar-refractivity contribution in [2.45, 2.75) is 92.5 Å². The molecule has 0 radical (unpaired) electrons. The number of rotatable bonds is 12. The summed E-state index contributed by atoms with van der Waals surface area (Å²) in [5, 5.41) is 10.7. The van der Waals surface area contributed by atoms with Gasteiger partial charge in [0.15, 0.2) is 6.10 Å². The molecule has 1 fully saturated rings. The van der Waals surface area contributed by atoms with Crippen molar-refractivity contribution in [3.8, 4) is 28.1 Å². The van der Waals surface area contributed by atoms with Gasteiger partial charge >= 0.3 is 5.97 Å². The van der Waals surface area contributed by atoms with Gasteiger partial charge in [0.25, 0.3) is 0 Å². The number of fused-ring (bicyclic) bond motifs is 1. The summed E-state index contributed by atoms with van der Waals surface area (Å²) < 4.78 is 26.2. The molecule has 9 nitrogen and oxygen atoms in total. The molecule has 0 amide bonds. The van der Waals surface area contributed by atoms with E-state index in [1.807, 2.05) is 71.9 Å². The molecule has 1 aliphatic rings. The predicted octanol–water partition coefficient (Wildman–Crippen LogP) is 8.38. The number of aryl methyl sites for hydroxylation is 2. The van der Waals surface area contributed by atoms with Crippen LogP contribution in [0.4, 0.5) is 5.82 Å². The van der Waals surface area contributed by atoms with Crippen LogP contribution in [0.5, 0.6) is 5.75 Å². The second kappa shape index (κ2) is 15.1. The third kappa shape index (κ3) is 8.33. The van der Waals surface area contributed by atoms with Gasteiger partial charge in [-0.1, -0.05) is 43.7 Å². The molecule has 1 N–H and O–H groups in total. The molecule has 0 saturated carbocycles. The fourth-order valence-corrected chi connectivity index (χ4v) is 6.66. The van der Waals surface area contributed by atoms with Gasteiger partial charge in [0.2, 0.25) is 0 Å². The second-order valence-electron chi connectivity index (χ2n) is 15.3. The van der Waals surface area contributed by atoms with Gasteiger partial charge in [-0.25, -0.2) is 9.78 Å². The van der Waals surface area contributed by atoms with Crippen molar-refractivity contribution in [3.05, 3.63) is 70.9 Å². The van der Waals surface area contributed by atoms with E-state index in [9.17, 15) is 9.90 Å². The molecule has 3 heterocycles. The number of anilines is 1. The van der Waals surface area contributed by atoms with E-state index in [2.05, 4.69) is 42.3 Å². The molecule has 9 heteroatoms. The number of aromatic nitrogens is 2. The topological polar surface area (TPSA) is 94.8 Å². The Balaban J connectivity index is 1.59. The number of benzene rings is 2. The maximum absolute atomic E-state index is 13.5. The summed E-state index contributed by atoms with van der Waals surface area (Å²) in [6.45, 7) is 21.7. The molecule has 5 rings (SSSR count). The average Bonchev–Trinajstić information content (AvgIpc) is 3.52. The van der Waals surface area contributed by atoms with Crippen LogP contribution in [0.1, 0.15) is 82.7 Å². The van der Waals surface area contributed by atoms with E-state index in [4.69, 9.17) is 23.9 Å². The molecular weight excluding hydrogens is 630 g/mol. The minimum atomic E-state index is -0.945. The largest absolute Gasteiger partial charge is 0.507 e. The highest BCUT2D eigenvalue weighted by molar-refractivity contribution is 5.82. The van der Waals surface area contributed by atoms with E-state index in [0.717, 1.165) is 75.6 Å². The van der Waals surface area contributed by atoms with Crippen molar-refractivity contribution in [2.75, 3.05) is 44.9 Å². The number of esters is 1. The molecular formula is C41H55N3O6. The molecule has 270 valence electrons. The van der Waals surface area contributed by atoms with Crippen LogP contribution in [0.2, 0.25) is 0 Å². The number of ether oxygens (including phenoxy) is 4. The van der Waals surface area contributed by atoms with Crippen LogP contribution >= 0.6 is 0 Å². The van der Waals surface area contributed by atoms with E-state index in [0.29, 0.717) is 32.2 Å². The lowest BCUT2D eigenvalue weighted by molar-refractivity contribution is -0.164. The number of piperidine rings is 1. The Bertz CT molecular complexity index is 1810. The summed E-state index contributed by atoms with van der Waals surface area (Å²) in [4.78, 5) is 21.1. The molecule has 1 saturated heterocycles. The van der Waals surface area contributed by atoms with Crippen LogP contribution in [-0.4, -0.2) is 71.7 Å². The monoisotopic (exact) mass is 685 g/mol. The fraction of sp³-hybridized carbons (Fsp3) is 0.512. The zero-order valence-electron chi connectivity index (χ0n) is 31.6. The maximum Gasteiger partial charge on any atom is 0.339 e. The smallest absolute Gasteiger partial charge is 0.339 e. The average molecular weight is 686 g/mol. The third-order valence-electron chi connectivity index (χ3n) is 9.50. The van der Waals surface area contributed by atoms with Crippen LogP contribution in [0.3, 0.4) is 0 Å². The minimum absolute atomic E-state index is 0.234. The Labute approximate surface area is 297 Å². The first-order valence-corrected chi connectivity index (χ1v) is 17.8. The minimum Gasteiger partial charge on any atom is -0.507 e. The van der Waals surface area contributed by atoms with Crippen LogP contribution in [0.25, 0.3) is 28.0 Å². The van der Waals surface area contributed by atoms with Gasteiger partial charge in [0.05, 0.1) is 37.2 Å². The molecule has 0 bridgehead atoms. The first-order valence-electron chi connectivity index (χ1n) is 17.8. The molecule has 0 spiro atoms. The first kappa shape index (κ1) is 37.3. The Morgan fingerprint density at radius 1 is 1.00 bits per heavy atom. The molecule has 4 aromatic rings. The number of aromatic hydroxyl groups is 1. The van der Waals surface area contributed by atoms with E-state index in [-0.39, 0.29) is 11.4 Å². The van der Waals surface area contributed by atoms with E-state index in [1.54, 1.807) is 6.07 Å². The Hall–Kier alpha value is -3.92. The summed E-state index contributed by atoms with van der Waals surface area (Å²) >= 11 is 0. The van der Waals surface area contributed by atoms with Crippen molar-refractivity contribution in [3.63, 3.8) is 0 Å².